The Labute approximate surface area is 176 Å². The van der Waals surface area contributed by atoms with Crippen molar-refractivity contribution in [1.29, 1.82) is 0 Å². The number of nitrogens with one attached hydrogen (secondary N) is 1. The number of hydrogen-bond acceptors (Lipinski definition) is 5. The normalized spacial score (nSPS) is 10.9. The fourth-order valence-corrected chi connectivity index (χ4v) is 3.20. The summed E-state index contributed by atoms with van der Waals surface area (Å²) in [5, 5.41) is 13.7. The molecule has 150 valence electrons. The van der Waals surface area contributed by atoms with Gasteiger partial charge in [0.2, 0.25) is 5.89 Å². The molecule has 3 aromatic carbocycles. The van der Waals surface area contributed by atoms with Crippen molar-refractivity contribution < 1.29 is 14.1 Å². The Morgan fingerprint density at radius 1 is 1.13 bits per heavy atom. The van der Waals surface area contributed by atoms with E-state index in [0.717, 1.165) is 23.6 Å². The first kappa shape index (κ1) is 19.6. The average Bonchev–Trinajstić information content (AvgIpc) is 3.17. The molecule has 30 heavy (non-hydrogen) atoms. The van der Waals surface area contributed by atoms with E-state index in [0.29, 0.717) is 17.2 Å². The van der Waals surface area contributed by atoms with Gasteiger partial charge in [0.15, 0.2) is 5.58 Å². The standard InChI is InChI=1S/C22H16ClN3O4/c1-2-13-3-10-20-18(11-13)25-22(30-20)14-4-7-16(8-5-14)24-21(27)15-6-9-17(23)19(12-15)26(28)29/h3-12H,2H2,1H3,(H,24,27). The monoisotopic (exact) mass is 421 g/mol. The third-order valence-electron chi connectivity index (χ3n) is 4.65. The van der Waals surface area contributed by atoms with E-state index in [9.17, 15) is 14.9 Å². The Hall–Kier alpha value is -3.71. The number of carbonyl (C=O) groups excluding carboxylic acids is 1. The molecule has 1 heterocycles. The molecule has 0 saturated carbocycles. The summed E-state index contributed by atoms with van der Waals surface area (Å²) in [6.07, 6.45) is 0.920. The molecule has 1 amide bonds. The number of benzene rings is 3. The zero-order chi connectivity index (χ0) is 21.3. The van der Waals surface area contributed by atoms with Crippen molar-refractivity contribution in [3.8, 4) is 11.5 Å². The van der Waals surface area contributed by atoms with E-state index in [4.69, 9.17) is 16.0 Å². The van der Waals surface area contributed by atoms with Gasteiger partial charge < -0.3 is 9.73 Å². The molecule has 4 rings (SSSR count). The number of aryl methyl sites for hydroxylation is 1. The highest BCUT2D eigenvalue weighted by Gasteiger charge is 2.16. The number of rotatable bonds is 5. The molecule has 0 unspecified atom stereocenters. The van der Waals surface area contributed by atoms with E-state index in [1.807, 2.05) is 18.2 Å². The SMILES string of the molecule is CCc1ccc2oc(-c3ccc(NC(=O)c4ccc(Cl)c([N+](=O)[O-])c4)cc3)nc2c1. The summed E-state index contributed by atoms with van der Waals surface area (Å²) in [6.45, 7) is 2.08. The van der Waals surface area contributed by atoms with Crippen molar-refractivity contribution in [2.75, 3.05) is 5.32 Å². The van der Waals surface area contributed by atoms with E-state index in [1.54, 1.807) is 24.3 Å². The van der Waals surface area contributed by atoms with Crippen LogP contribution in [0.4, 0.5) is 11.4 Å². The molecule has 1 N–H and O–H groups in total. The second kappa shape index (κ2) is 7.96. The van der Waals surface area contributed by atoms with E-state index < -0.39 is 10.8 Å². The lowest BCUT2D eigenvalue weighted by molar-refractivity contribution is -0.384. The summed E-state index contributed by atoms with van der Waals surface area (Å²) in [7, 11) is 0. The second-order valence-corrected chi connectivity index (χ2v) is 7.04. The van der Waals surface area contributed by atoms with Crippen molar-refractivity contribution in [2.45, 2.75) is 13.3 Å². The molecule has 0 radical (unpaired) electrons. The molecule has 0 aliphatic carbocycles. The fourth-order valence-electron chi connectivity index (χ4n) is 3.01. The van der Waals surface area contributed by atoms with Gasteiger partial charge in [-0.25, -0.2) is 4.98 Å². The van der Waals surface area contributed by atoms with Gasteiger partial charge in [0.05, 0.1) is 4.92 Å². The summed E-state index contributed by atoms with van der Waals surface area (Å²) >= 11 is 5.79. The summed E-state index contributed by atoms with van der Waals surface area (Å²) < 4.78 is 5.82. The molecule has 0 fully saturated rings. The first-order chi connectivity index (χ1) is 14.4. The van der Waals surface area contributed by atoms with Crippen LogP contribution in [0, 0.1) is 10.1 Å². The minimum atomic E-state index is -0.627. The van der Waals surface area contributed by atoms with Gasteiger partial charge in [0.25, 0.3) is 11.6 Å². The maximum atomic E-state index is 12.4. The van der Waals surface area contributed by atoms with Crippen molar-refractivity contribution in [3.05, 3.63) is 86.9 Å². The van der Waals surface area contributed by atoms with Gasteiger partial charge in [0, 0.05) is 22.9 Å². The summed E-state index contributed by atoms with van der Waals surface area (Å²) in [5.74, 6) is 0.0147. The topological polar surface area (TPSA) is 98.3 Å². The largest absolute Gasteiger partial charge is 0.436 e. The average molecular weight is 422 g/mol. The molecule has 0 spiro atoms. The van der Waals surface area contributed by atoms with E-state index in [1.165, 1.54) is 17.7 Å². The first-order valence-corrected chi connectivity index (χ1v) is 9.57. The van der Waals surface area contributed by atoms with Crippen LogP contribution in [0.15, 0.2) is 65.1 Å². The maximum Gasteiger partial charge on any atom is 0.288 e. The van der Waals surface area contributed by atoms with Crippen LogP contribution in [0.3, 0.4) is 0 Å². The van der Waals surface area contributed by atoms with Gasteiger partial charge >= 0.3 is 0 Å². The molecule has 7 nitrogen and oxygen atoms in total. The number of carbonyl (C=O) groups is 1. The quantitative estimate of drug-likeness (QED) is 0.321. The summed E-state index contributed by atoms with van der Waals surface area (Å²) in [4.78, 5) is 27.3. The minimum Gasteiger partial charge on any atom is -0.436 e. The highest BCUT2D eigenvalue weighted by molar-refractivity contribution is 6.32. The third kappa shape index (κ3) is 3.88. The Morgan fingerprint density at radius 2 is 1.90 bits per heavy atom. The van der Waals surface area contributed by atoms with E-state index in [2.05, 4.69) is 17.2 Å². The van der Waals surface area contributed by atoms with Crippen molar-refractivity contribution >= 4 is 40.0 Å². The maximum absolute atomic E-state index is 12.4. The predicted molar refractivity (Wildman–Crippen MR) is 115 cm³/mol. The highest BCUT2D eigenvalue weighted by Crippen LogP contribution is 2.27. The zero-order valence-electron chi connectivity index (χ0n) is 15.9. The molecule has 0 bridgehead atoms. The molecule has 0 aliphatic rings. The summed E-state index contributed by atoms with van der Waals surface area (Å²) in [6, 6.07) is 16.8. The molecular weight excluding hydrogens is 406 g/mol. The fraction of sp³-hybridized carbons (Fsp3) is 0.0909. The third-order valence-corrected chi connectivity index (χ3v) is 4.97. The molecule has 4 aromatic rings. The van der Waals surface area contributed by atoms with Gasteiger partial charge in [-0.2, -0.15) is 0 Å². The lowest BCUT2D eigenvalue weighted by atomic mass is 10.1. The van der Waals surface area contributed by atoms with Crippen LogP contribution in [0.5, 0.6) is 0 Å². The molecule has 0 aliphatic heterocycles. The molecule has 0 atom stereocenters. The number of aromatic nitrogens is 1. The molecule has 0 saturated heterocycles. The molecular formula is C22H16ClN3O4. The molecule has 8 heteroatoms. The van der Waals surface area contributed by atoms with Gasteiger partial charge in [-0.1, -0.05) is 24.6 Å². The second-order valence-electron chi connectivity index (χ2n) is 6.63. The Bertz CT molecular complexity index is 1270. The number of oxazole rings is 1. The lowest BCUT2D eigenvalue weighted by Crippen LogP contribution is -2.12. The van der Waals surface area contributed by atoms with Crippen LogP contribution in [0.25, 0.3) is 22.6 Å². The van der Waals surface area contributed by atoms with E-state index in [-0.39, 0.29) is 16.3 Å². The number of hydrogen-bond donors (Lipinski definition) is 1. The number of nitro groups is 1. The van der Waals surface area contributed by atoms with Crippen molar-refractivity contribution in [3.63, 3.8) is 0 Å². The van der Waals surface area contributed by atoms with E-state index >= 15 is 0 Å². The first-order valence-electron chi connectivity index (χ1n) is 9.20. The number of anilines is 1. The minimum absolute atomic E-state index is 0.0229. The number of nitro benzene ring substituents is 1. The van der Waals surface area contributed by atoms with Crippen LogP contribution in [-0.2, 0) is 6.42 Å². The summed E-state index contributed by atoms with van der Waals surface area (Å²) in [5.41, 5.74) is 3.82. The van der Waals surface area contributed by atoms with Crippen LogP contribution in [0.2, 0.25) is 5.02 Å². The van der Waals surface area contributed by atoms with Crippen molar-refractivity contribution in [2.24, 2.45) is 0 Å². The van der Waals surface area contributed by atoms with Crippen LogP contribution in [-0.4, -0.2) is 15.8 Å². The van der Waals surface area contributed by atoms with Gasteiger partial charge in [-0.05, 0) is 60.5 Å². The Balaban J connectivity index is 1.53. The Kier molecular flexibility index (Phi) is 5.20. The zero-order valence-corrected chi connectivity index (χ0v) is 16.6. The van der Waals surface area contributed by atoms with Crippen LogP contribution < -0.4 is 5.32 Å². The van der Waals surface area contributed by atoms with Gasteiger partial charge in [-0.3, -0.25) is 14.9 Å². The number of halogens is 1. The number of nitrogens with zero attached hydrogens (tertiary/aromatic N) is 2. The smallest absolute Gasteiger partial charge is 0.288 e. The number of fused-ring (bicyclic) bond motifs is 1. The van der Waals surface area contributed by atoms with Gasteiger partial charge in [-0.15, -0.1) is 0 Å². The van der Waals surface area contributed by atoms with Gasteiger partial charge in [0.1, 0.15) is 10.5 Å². The van der Waals surface area contributed by atoms with Crippen LogP contribution >= 0.6 is 11.6 Å². The molecule has 1 aromatic heterocycles. The van der Waals surface area contributed by atoms with Crippen molar-refractivity contribution in [1.82, 2.24) is 4.98 Å². The highest BCUT2D eigenvalue weighted by atomic mass is 35.5. The predicted octanol–water partition coefficient (Wildman–Crippen LogP) is 5.87. The van der Waals surface area contributed by atoms with Crippen LogP contribution in [0.1, 0.15) is 22.8 Å². The lowest BCUT2D eigenvalue weighted by Gasteiger charge is -2.06. The Morgan fingerprint density at radius 3 is 2.60 bits per heavy atom. The number of amides is 1.